The normalized spacial score (nSPS) is 18.1. The molecular formula is C12H12N2O3. The maximum absolute atomic E-state index is 5.58. The van der Waals surface area contributed by atoms with Crippen molar-refractivity contribution in [2.75, 3.05) is 13.2 Å². The van der Waals surface area contributed by atoms with Gasteiger partial charge in [-0.25, -0.2) is 0 Å². The molecule has 0 aliphatic carbocycles. The number of hydrogen-bond acceptors (Lipinski definition) is 5. The highest BCUT2D eigenvalue weighted by atomic mass is 16.6. The van der Waals surface area contributed by atoms with E-state index in [1.54, 1.807) is 6.92 Å². The van der Waals surface area contributed by atoms with Gasteiger partial charge in [-0.3, -0.25) is 0 Å². The van der Waals surface area contributed by atoms with Crippen molar-refractivity contribution in [1.82, 2.24) is 10.2 Å². The van der Waals surface area contributed by atoms with Gasteiger partial charge >= 0.3 is 0 Å². The summed E-state index contributed by atoms with van der Waals surface area (Å²) in [6.07, 6.45) is 0.254. The molecule has 0 bridgehead atoms. The van der Waals surface area contributed by atoms with Crippen LogP contribution in [0.2, 0.25) is 0 Å². The Morgan fingerprint density at radius 3 is 3.00 bits per heavy atom. The maximum Gasteiger partial charge on any atom is 0.247 e. The molecule has 1 aromatic carbocycles. The van der Waals surface area contributed by atoms with Crippen LogP contribution in [0.4, 0.5) is 0 Å². The van der Waals surface area contributed by atoms with Gasteiger partial charge in [-0.15, -0.1) is 10.2 Å². The maximum atomic E-state index is 5.58. The van der Waals surface area contributed by atoms with Crippen LogP contribution in [0, 0.1) is 6.92 Å². The highest BCUT2D eigenvalue weighted by molar-refractivity contribution is 5.55. The molecule has 0 N–H and O–H groups in total. The quantitative estimate of drug-likeness (QED) is 0.752. The third kappa shape index (κ3) is 2.45. The Kier molecular flexibility index (Phi) is 2.53. The van der Waals surface area contributed by atoms with E-state index in [-0.39, 0.29) is 6.10 Å². The average Bonchev–Trinajstić information content (AvgIpc) is 3.08. The van der Waals surface area contributed by atoms with E-state index < -0.39 is 0 Å². The number of ether oxygens (including phenoxy) is 2. The van der Waals surface area contributed by atoms with E-state index in [0.717, 1.165) is 17.9 Å². The molecule has 17 heavy (non-hydrogen) atoms. The molecule has 0 radical (unpaired) electrons. The van der Waals surface area contributed by atoms with Gasteiger partial charge in [0.05, 0.1) is 6.61 Å². The van der Waals surface area contributed by atoms with E-state index in [2.05, 4.69) is 10.2 Å². The molecule has 2 aromatic rings. The zero-order valence-electron chi connectivity index (χ0n) is 9.42. The molecule has 88 valence electrons. The molecule has 1 aliphatic heterocycles. The Morgan fingerprint density at radius 1 is 1.41 bits per heavy atom. The Balaban J connectivity index is 1.77. The molecule has 5 heteroatoms. The summed E-state index contributed by atoms with van der Waals surface area (Å²) in [6, 6.07) is 7.59. The van der Waals surface area contributed by atoms with Crippen molar-refractivity contribution < 1.29 is 13.9 Å². The first-order valence-electron chi connectivity index (χ1n) is 5.46. The summed E-state index contributed by atoms with van der Waals surface area (Å²) in [6.45, 7) is 3.15. The molecule has 1 atom stereocenters. The fraction of sp³-hybridized carbons (Fsp3) is 0.333. The van der Waals surface area contributed by atoms with E-state index in [1.165, 1.54) is 0 Å². The Bertz CT molecular complexity index is 520. The second-order valence-electron chi connectivity index (χ2n) is 3.92. The Labute approximate surface area is 98.4 Å². The third-order valence-electron chi connectivity index (χ3n) is 2.45. The van der Waals surface area contributed by atoms with Crippen LogP contribution in [-0.2, 0) is 4.74 Å². The van der Waals surface area contributed by atoms with E-state index in [9.17, 15) is 0 Å². The zero-order valence-corrected chi connectivity index (χ0v) is 9.42. The largest absolute Gasteiger partial charge is 0.491 e. The second kappa shape index (κ2) is 4.18. The number of nitrogens with zero attached hydrogens (tertiary/aromatic N) is 2. The van der Waals surface area contributed by atoms with Gasteiger partial charge in [0, 0.05) is 12.5 Å². The number of aromatic nitrogens is 2. The minimum atomic E-state index is 0.254. The molecule has 0 saturated carbocycles. The van der Waals surface area contributed by atoms with Gasteiger partial charge < -0.3 is 13.9 Å². The summed E-state index contributed by atoms with van der Waals surface area (Å²) >= 11 is 0. The van der Waals surface area contributed by atoms with E-state index >= 15 is 0 Å². The van der Waals surface area contributed by atoms with Crippen molar-refractivity contribution in [2.24, 2.45) is 0 Å². The third-order valence-corrected chi connectivity index (χ3v) is 2.45. The first kappa shape index (κ1) is 10.3. The predicted molar refractivity (Wildman–Crippen MR) is 59.7 cm³/mol. The Hall–Kier alpha value is -1.88. The van der Waals surface area contributed by atoms with Crippen LogP contribution in [0.3, 0.4) is 0 Å². The molecule has 1 aliphatic rings. The summed E-state index contributed by atoms with van der Waals surface area (Å²) in [5.74, 6) is 1.85. The fourth-order valence-electron chi connectivity index (χ4n) is 1.49. The van der Waals surface area contributed by atoms with Crippen LogP contribution in [-0.4, -0.2) is 29.5 Å². The predicted octanol–water partition coefficient (Wildman–Crippen LogP) is 1.82. The molecule has 0 spiro atoms. The minimum absolute atomic E-state index is 0.254. The first-order chi connectivity index (χ1) is 8.31. The number of hydrogen-bond donors (Lipinski definition) is 0. The molecule has 1 saturated heterocycles. The molecule has 1 unspecified atom stereocenters. The van der Waals surface area contributed by atoms with Crippen molar-refractivity contribution >= 4 is 0 Å². The van der Waals surface area contributed by atoms with Crippen LogP contribution < -0.4 is 4.74 Å². The topological polar surface area (TPSA) is 60.7 Å². The van der Waals surface area contributed by atoms with Gasteiger partial charge in [-0.05, 0) is 18.2 Å². The van der Waals surface area contributed by atoms with Crippen molar-refractivity contribution in [3.05, 3.63) is 30.2 Å². The van der Waals surface area contributed by atoms with E-state index in [0.29, 0.717) is 18.4 Å². The van der Waals surface area contributed by atoms with Crippen molar-refractivity contribution in [3.63, 3.8) is 0 Å². The van der Waals surface area contributed by atoms with Crippen molar-refractivity contribution in [1.29, 1.82) is 0 Å². The Morgan fingerprint density at radius 2 is 2.29 bits per heavy atom. The lowest BCUT2D eigenvalue weighted by Crippen LogP contribution is -2.03. The first-order valence-corrected chi connectivity index (χ1v) is 5.46. The summed E-state index contributed by atoms with van der Waals surface area (Å²) in [7, 11) is 0. The highest BCUT2D eigenvalue weighted by Crippen LogP contribution is 2.23. The van der Waals surface area contributed by atoms with Crippen LogP contribution in [0.25, 0.3) is 11.5 Å². The van der Waals surface area contributed by atoms with Gasteiger partial charge in [0.1, 0.15) is 18.5 Å². The SMILES string of the molecule is Cc1nnc(-c2cccc(OCC3CO3)c2)o1. The standard InChI is InChI=1S/C12H12N2O3/c1-8-13-14-12(17-8)9-3-2-4-10(5-9)15-6-11-7-16-11/h2-5,11H,6-7H2,1H3. The van der Waals surface area contributed by atoms with Crippen molar-refractivity contribution in [3.8, 4) is 17.2 Å². The average molecular weight is 232 g/mol. The van der Waals surface area contributed by atoms with Crippen LogP contribution in [0.5, 0.6) is 5.75 Å². The lowest BCUT2D eigenvalue weighted by molar-refractivity contribution is 0.263. The van der Waals surface area contributed by atoms with Crippen molar-refractivity contribution in [2.45, 2.75) is 13.0 Å². The molecule has 5 nitrogen and oxygen atoms in total. The molecule has 3 rings (SSSR count). The molecular weight excluding hydrogens is 220 g/mol. The number of rotatable bonds is 4. The molecule has 1 fully saturated rings. The summed E-state index contributed by atoms with van der Waals surface area (Å²) in [5, 5.41) is 7.77. The summed E-state index contributed by atoms with van der Waals surface area (Å²) in [5.41, 5.74) is 0.861. The van der Waals surface area contributed by atoms with Gasteiger partial charge in [-0.2, -0.15) is 0 Å². The number of benzene rings is 1. The summed E-state index contributed by atoms with van der Waals surface area (Å²) in [4.78, 5) is 0. The lowest BCUT2D eigenvalue weighted by Gasteiger charge is -2.04. The second-order valence-corrected chi connectivity index (χ2v) is 3.92. The van der Waals surface area contributed by atoms with Crippen LogP contribution in [0.1, 0.15) is 5.89 Å². The highest BCUT2D eigenvalue weighted by Gasteiger charge is 2.23. The smallest absolute Gasteiger partial charge is 0.247 e. The van der Waals surface area contributed by atoms with Gasteiger partial charge in [0.2, 0.25) is 11.8 Å². The number of aryl methyl sites for hydroxylation is 1. The molecule has 1 aromatic heterocycles. The minimum Gasteiger partial charge on any atom is -0.491 e. The lowest BCUT2D eigenvalue weighted by atomic mass is 10.2. The van der Waals surface area contributed by atoms with Gasteiger partial charge in [-0.1, -0.05) is 6.07 Å². The van der Waals surface area contributed by atoms with E-state index in [4.69, 9.17) is 13.9 Å². The molecule has 2 heterocycles. The monoisotopic (exact) mass is 232 g/mol. The van der Waals surface area contributed by atoms with Gasteiger partial charge in [0.15, 0.2) is 0 Å². The fourth-order valence-corrected chi connectivity index (χ4v) is 1.49. The number of epoxide rings is 1. The summed E-state index contributed by atoms with van der Waals surface area (Å²) < 4.78 is 16.0. The van der Waals surface area contributed by atoms with Crippen LogP contribution in [0.15, 0.2) is 28.7 Å². The van der Waals surface area contributed by atoms with E-state index in [1.807, 2.05) is 24.3 Å². The zero-order chi connectivity index (χ0) is 11.7. The van der Waals surface area contributed by atoms with Crippen LogP contribution >= 0.6 is 0 Å². The van der Waals surface area contributed by atoms with Gasteiger partial charge in [0.25, 0.3) is 0 Å². The molecule has 0 amide bonds.